The molecular weight excluding hydrogens is 222 g/mol. The van der Waals surface area contributed by atoms with E-state index in [-0.39, 0.29) is 0 Å². The van der Waals surface area contributed by atoms with Crippen molar-refractivity contribution in [1.82, 2.24) is 15.1 Å². The summed E-state index contributed by atoms with van der Waals surface area (Å²) in [6, 6.07) is 0.545. The molecule has 1 unspecified atom stereocenters. The molecule has 1 N–H and O–H groups in total. The maximum Gasteiger partial charge on any atom is 0.130 e. The number of nitrogens with zero attached hydrogens (tertiary/aromatic N) is 2. The first-order valence-electron chi connectivity index (χ1n) is 5.85. The molecule has 1 aliphatic carbocycles. The van der Waals surface area contributed by atoms with Gasteiger partial charge in [-0.25, -0.2) is 0 Å². The lowest BCUT2D eigenvalue weighted by atomic mass is 9.90. The van der Waals surface area contributed by atoms with Crippen molar-refractivity contribution in [2.45, 2.75) is 39.2 Å². The molecule has 1 heterocycles. The molecular formula is C12H20ClN3. The molecule has 90 valence electrons. The number of hydrogen-bond acceptors (Lipinski definition) is 2. The van der Waals surface area contributed by atoms with Gasteiger partial charge in [-0.15, -0.1) is 0 Å². The second-order valence-electron chi connectivity index (χ2n) is 5.03. The van der Waals surface area contributed by atoms with E-state index in [9.17, 15) is 0 Å². The van der Waals surface area contributed by atoms with Crippen LogP contribution >= 0.6 is 11.6 Å². The molecule has 1 atom stereocenters. The highest BCUT2D eigenvalue weighted by molar-refractivity contribution is 6.30. The van der Waals surface area contributed by atoms with E-state index in [4.69, 9.17) is 11.6 Å². The van der Waals surface area contributed by atoms with Gasteiger partial charge in [0, 0.05) is 18.7 Å². The first kappa shape index (κ1) is 11.9. The van der Waals surface area contributed by atoms with Crippen molar-refractivity contribution in [3.05, 3.63) is 16.4 Å². The Bertz CT molecular complexity index is 393. The van der Waals surface area contributed by atoms with E-state index in [1.54, 1.807) is 4.68 Å². The predicted octanol–water partition coefficient (Wildman–Crippen LogP) is 2.31. The summed E-state index contributed by atoms with van der Waals surface area (Å²) in [5, 5.41) is 8.53. The lowest BCUT2D eigenvalue weighted by molar-refractivity contribution is 0.369. The van der Waals surface area contributed by atoms with E-state index in [2.05, 4.69) is 17.3 Å². The molecule has 0 radical (unpaired) electrons. The molecule has 0 aromatic carbocycles. The Morgan fingerprint density at radius 3 is 2.56 bits per heavy atom. The third-order valence-electron chi connectivity index (χ3n) is 4.04. The van der Waals surface area contributed by atoms with Crippen LogP contribution in [0.2, 0.25) is 5.15 Å². The van der Waals surface area contributed by atoms with Crippen molar-refractivity contribution in [2.24, 2.45) is 12.5 Å². The van der Waals surface area contributed by atoms with E-state index < -0.39 is 0 Å². The fraction of sp³-hybridized carbons (Fsp3) is 0.750. The monoisotopic (exact) mass is 241 g/mol. The third-order valence-corrected chi connectivity index (χ3v) is 4.52. The average Bonchev–Trinajstić information content (AvgIpc) is 2.99. The molecule has 1 aliphatic rings. The van der Waals surface area contributed by atoms with Gasteiger partial charge in [0.25, 0.3) is 0 Å². The van der Waals surface area contributed by atoms with E-state index in [0.717, 1.165) is 17.3 Å². The summed E-state index contributed by atoms with van der Waals surface area (Å²) in [6.45, 7) is 4.30. The zero-order chi connectivity index (χ0) is 11.9. The topological polar surface area (TPSA) is 29.9 Å². The summed E-state index contributed by atoms with van der Waals surface area (Å²) in [6.07, 6.45) is 3.63. The molecule has 0 amide bonds. The highest BCUT2D eigenvalue weighted by atomic mass is 35.5. The Hall–Kier alpha value is -0.540. The summed E-state index contributed by atoms with van der Waals surface area (Å²) in [5.41, 5.74) is 2.71. The normalized spacial score (nSPS) is 19.8. The highest BCUT2D eigenvalue weighted by Crippen LogP contribution is 2.52. The summed E-state index contributed by atoms with van der Waals surface area (Å²) in [5.74, 6) is 0. The van der Waals surface area contributed by atoms with Gasteiger partial charge in [-0.1, -0.05) is 11.6 Å². The van der Waals surface area contributed by atoms with E-state index in [1.807, 2.05) is 21.0 Å². The Balaban J connectivity index is 2.21. The molecule has 16 heavy (non-hydrogen) atoms. The molecule has 4 heteroatoms. The van der Waals surface area contributed by atoms with Gasteiger partial charge in [0.05, 0.1) is 5.69 Å². The quantitative estimate of drug-likeness (QED) is 0.877. The Kier molecular flexibility index (Phi) is 3.01. The number of rotatable bonds is 4. The first-order chi connectivity index (χ1) is 7.50. The van der Waals surface area contributed by atoms with Crippen LogP contribution in [0.3, 0.4) is 0 Å². The largest absolute Gasteiger partial charge is 0.317 e. The minimum absolute atomic E-state index is 0.409. The van der Waals surface area contributed by atoms with Crippen molar-refractivity contribution in [1.29, 1.82) is 0 Å². The number of aromatic nitrogens is 2. The third kappa shape index (κ3) is 1.87. The predicted molar refractivity (Wildman–Crippen MR) is 66.8 cm³/mol. The minimum Gasteiger partial charge on any atom is -0.317 e. The van der Waals surface area contributed by atoms with E-state index in [1.165, 1.54) is 18.4 Å². The number of halogens is 1. The Morgan fingerprint density at radius 1 is 1.56 bits per heavy atom. The summed E-state index contributed by atoms with van der Waals surface area (Å²) < 4.78 is 1.77. The van der Waals surface area contributed by atoms with E-state index in [0.29, 0.717) is 11.5 Å². The molecule has 2 rings (SSSR count). The minimum atomic E-state index is 0.409. The van der Waals surface area contributed by atoms with Crippen LogP contribution in [-0.4, -0.2) is 22.9 Å². The molecule has 1 saturated carbocycles. The van der Waals surface area contributed by atoms with Crippen LogP contribution < -0.4 is 5.32 Å². The van der Waals surface area contributed by atoms with Crippen molar-refractivity contribution in [3.63, 3.8) is 0 Å². The maximum absolute atomic E-state index is 6.28. The van der Waals surface area contributed by atoms with Crippen LogP contribution in [0, 0.1) is 12.3 Å². The maximum atomic E-state index is 6.28. The summed E-state index contributed by atoms with van der Waals surface area (Å²) >= 11 is 6.28. The Morgan fingerprint density at radius 2 is 2.19 bits per heavy atom. The number of nitrogens with one attached hydrogen (secondary N) is 1. The van der Waals surface area contributed by atoms with Gasteiger partial charge in [-0.3, -0.25) is 4.68 Å². The van der Waals surface area contributed by atoms with Crippen LogP contribution in [0.25, 0.3) is 0 Å². The first-order valence-corrected chi connectivity index (χ1v) is 6.23. The van der Waals surface area contributed by atoms with Crippen molar-refractivity contribution in [2.75, 3.05) is 7.05 Å². The van der Waals surface area contributed by atoms with Crippen LogP contribution in [0.5, 0.6) is 0 Å². The van der Waals surface area contributed by atoms with Gasteiger partial charge in [0.1, 0.15) is 5.15 Å². The van der Waals surface area contributed by atoms with Gasteiger partial charge in [0.15, 0.2) is 0 Å². The van der Waals surface area contributed by atoms with Crippen LogP contribution in [0.4, 0.5) is 0 Å². The van der Waals surface area contributed by atoms with Gasteiger partial charge in [-0.2, -0.15) is 5.10 Å². The fourth-order valence-corrected chi connectivity index (χ4v) is 2.70. The lowest BCUT2D eigenvalue weighted by Gasteiger charge is -2.22. The molecule has 0 bridgehead atoms. The van der Waals surface area contributed by atoms with Gasteiger partial charge in [-0.05, 0) is 45.6 Å². The van der Waals surface area contributed by atoms with Crippen LogP contribution in [0.15, 0.2) is 0 Å². The molecule has 0 saturated heterocycles. The number of hydrogen-bond donors (Lipinski definition) is 1. The van der Waals surface area contributed by atoms with Crippen molar-refractivity contribution in [3.8, 4) is 0 Å². The molecule has 1 aromatic rings. The average molecular weight is 242 g/mol. The second-order valence-corrected chi connectivity index (χ2v) is 5.39. The highest BCUT2D eigenvalue weighted by Gasteiger charge is 2.47. The van der Waals surface area contributed by atoms with Crippen LogP contribution in [-0.2, 0) is 13.5 Å². The second kappa shape index (κ2) is 4.04. The van der Waals surface area contributed by atoms with Gasteiger partial charge < -0.3 is 5.32 Å². The zero-order valence-corrected chi connectivity index (χ0v) is 11.2. The van der Waals surface area contributed by atoms with Gasteiger partial charge >= 0.3 is 0 Å². The summed E-state index contributed by atoms with van der Waals surface area (Å²) in [4.78, 5) is 0. The van der Waals surface area contributed by atoms with Crippen LogP contribution in [0.1, 0.15) is 31.0 Å². The number of aryl methyl sites for hydroxylation is 2. The molecule has 1 fully saturated rings. The molecule has 3 nitrogen and oxygen atoms in total. The van der Waals surface area contributed by atoms with Gasteiger partial charge in [0.2, 0.25) is 0 Å². The van der Waals surface area contributed by atoms with E-state index >= 15 is 0 Å². The fourth-order valence-electron chi connectivity index (χ4n) is 2.46. The smallest absolute Gasteiger partial charge is 0.130 e. The standard InChI is InChI=1S/C12H20ClN3/c1-8-10(11(13)16(4)15-8)7-12(5-6-12)9(2)14-3/h9,14H,5-7H2,1-4H3. The molecule has 1 aromatic heterocycles. The Labute approximate surface area is 102 Å². The van der Waals surface area contributed by atoms with Crippen molar-refractivity contribution >= 4 is 11.6 Å². The molecule has 0 aliphatic heterocycles. The SMILES string of the molecule is CNC(C)C1(Cc2c(C)nn(C)c2Cl)CC1. The van der Waals surface area contributed by atoms with Crippen molar-refractivity contribution < 1.29 is 0 Å². The molecule has 0 spiro atoms. The summed E-state index contributed by atoms with van der Waals surface area (Å²) in [7, 11) is 3.93. The zero-order valence-electron chi connectivity index (χ0n) is 10.5. The lowest BCUT2D eigenvalue weighted by Crippen LogP contribution is -2.33.